The summed E-state index contributed by atoms with van der Waals surface area (Å²) in [7, 11) is 0. The molecule has 0 aliphatic heterocycles. The SMILES string of the molecule is CC/C=C\C/C=C\C/C=C\C/C=C\C/C=C\C/C=C\C/C=C\C/C=C\C/C=C\C/C=C\C/C=C\CCCCCC(=O)OC(CO)COC(=O)CCCCCCCCCCCCCCCCCCC. The van der Waals surface area contributed by atoms with Crippen molar-refractivity contribution in [3.05, 3.63) is 134 Å². The first-order valence-electron chi connectivity index (χ1n) is 27.7. The van der Waals surface area contributed by atoms with E-state index in [0.717, 1.165) is 116 Å². The Morgan fingerprint density at radius 1 is 0.353 bits per heavy atom. The zero-order valence-corrected chi connectivity index (χ0v) is 43.8. The van der Waals surface area contributed by atoms with Gasteiger partial charge in [-0.15, -0.1) is 0 Å². The molecule has 0 saturated carbocycles. The van der Waals surface area contributed by atoms with Gasteiger partial charge in [0.25, 0.3) is 0 Å². The molecule has 68 heavy (non-hydrogen) atoms. The van der Waals surface area contributed by atoms with Crippen LogP contribution in [0.25, 0.3) is 0 Å². The van der Waals surface area contributed by atoms with Gasteiger partial charge in [-0.1, -0.05) is 257 Å². The highest BCUT2D eigenvalue weighted by Gasteiger charge is 2.16. The highest BCUT2D eigenvalue weighted by Crippen LogP contribution is 2.15. The van der Waals surface area contributed by atoms with E-state index < -0.39 is 6.10 Å². The Morgan fingerprint density at radius 2 is 0.632 bits per heavy atom. The first-order valence-corrected chi connectivity index (χ1v) is 27.7. The quantitative estimate of drug-likeness (QED) is 0.0374. The summed E-state index contributed by atoms with van der Waals surface area (Å²) in [6, 6.07) is 0. The van der Waals surface area contributed by atoms with Crippen molar-refractivity contribution in [1.29, 1.82) is 0 Å². The molecule has 0 fully saturated rings. The molecule has 0 heterocycles. The van der Waals surface area contributed by atoms with Gasteiger partial charge >= 0.3 is 11.9 Å². The first-order chi connectivity index (χ1) is 33.6. The smallest absolute Gasteiger partial charge is 0.306 e. The Hall–Kier alpha value is -3.96. The van der Waals surface area contributed by atoms with Gasteiger partial charge in [-0.25, -0.2) is 0 Å². The molecule has 0 spiro atoms. The van der Waals surface area contributed by atoms with E-state index in [1.165, 1.54) is 89.9 Å². The number of carbonyl (C=O) groups excluding carboxylic acids is 2. The zero-order chi connectivity index (χ0) is 49.2. The van der Waals surface area contributed by atoms with Crippen molar-refractivity contribution in [3.8, 4) is 0 Å². The zero-order valence-electron chi connectivity index (χ0n) is 43.8. The van der Waals surface area contributed by atoms with Crippen LogP contribution in [0.1, 0.15) is 232 Å². The molecular formula is C63H102O5. The second-order valence-corrected chi connectivity index (χ2v) is 17.9. The van der Waals surface area contributed by atoms with Crippen LogP contribution in [0.3, 0.4) is 0 Å². The Balaban J connectivity index is 3.67. The standard InChI is InChI=1S/C63H102O5/c1-3-5-7-9-11-13-15-17-19-21-22-23-24-25-26-27-28-29-30-31-32-33-34-35-36-37-38-39-40-42-44-46-48-50-52-54-56-58-63(66)68-61(59-64)60-67-62(65)57-55-53-51-49-47-45-43-41-20-18-16-14-12-10-8-6-4-2/h5,7,11,13,17,19,22-23,25-26,28-29,31-32,34-35,37-38,40,42,46,48,61,64H,3-4,6,8-10,12,14-16,18,20-21,24,27,30,33,36,39,41,43-45,47,49-60H2,1-2H3/b7-5-,13-11-,19-17-,23-22-,26-25-,29-28-,32-31-,35-34-,38-37-,42-40-,48-46-. The van der Waals surface area contributed by atoms with E-state index in [2.05, 4.69) is 148 Å². The van der Waals surface area contributed by atoms with Crippen LogP contribution in [0.15, 0.2) is 134 Å². The molecule has 0 aromatic carbocycles. The predicted molar refractivity (Wildman–Crippen MR) is 297 cm³/mol. The number of hydrogen-bond acceptors (Lipinski definition) is 5. The molecule has 5 nitrogen and oxygen atoms in total. The summed E-state index contributed by atoms with van der Waals surface area (Å²) < 4.78 is 10.7. The molecule has 0 aromatic rings. The Bertz CT molecular complexity index is 1430. The van der Waals surface area contributed by atoms with E-state index in [1.54, 1.807) is 0 Å². The van der Waals surface area contributed by atoms with Crippen LogP contribution in [0.5, 0.6) is 0 Å². The average Bonchev–Trinajstić information content (AvgIpc) is 3.34. The minimum Gasteiger partial charge on any atom is -0.462 e. The maximum absolute atomic E-state index is 12.3. The molecule has 1 unspecified atom stereocenters. The molecular weight excluding hydrogens is 837 g/mol. The second-order valence-electron chi connectivity index (χ2n) is 17.9. The van der Waals surface area contributed by atoms with Crippen LogP contribution >= 0.6 is 0 Å². The molecule has 0 aromatic heterocycles. The van der Waals surface area contributed by atoms with Crippen molar-refractivity contribution < 1.29 is 24.2 Å². The summed E-state index contributed by atoms with van der Waals surface area (Å²) in [5, 5.41) is 9.63. The van der Waals surface area contributed by atoms with E-state index in [9.17, 15) is 14.7 Å². The van der Waals surface area contributed by atoms with Crippen LogP contribution in [0, 0.1) is 0 Å². The molecule has 0 bridgehead atoms. The second kappa shape index (κ2) is 57.4. The first kappa shape index (κ1) is 64.0. The summed E-state index contributed by atoms with van der Waals surface area (Å²) in [5.41, 5.74) is 0. The summed E-state index contributed by atoms with van der Waals surface area (Å²) in [4.78, 5) is 24.5. The van der Waals surface area contributed by atoms with E-state index >= 15 is 0 Å². The number of aliphatic hydroxyl groups is 1. The van der Waals surface area contributed by atoms with Crippen molar-refractivity contribution in [1.82, 2.24) is 0 Å². The molecule has 5 heteroatoms. The largest absolute Gasteiger partial charge is 0.462 e. The maximum Gasteiger partial charge on any atom is 0.306 e. The summed E-state index contributed by atoms with van der Waals surface area (Å²) in [5.74, 6) is -0.632. The third-order valence-corrected chi connectivity index (χ3v) is 11.5. The van der Waals surface area contributed by atoms with Gasteiger partial charge in [-0.2, -0.15) is 0 Å². The number of unbranched alkanes of at least 4 members (excludes halogenated alkanes) is 19. The fraction of sp³-hybridized carbons (Fsp3) is 0.619. The van der Waals surface area contributed by atoms with Gasteiger partial charge in [0, 0.05) is 12.8 Å². The fourth-order valence-electron chi connectivity index (χ4n) is 7.32. The van der Waals surface area contributed by atoms with Gasteiger partial charge < -0.3 is 14.6 Å². The van der Waals surface area contributed by atoms with E-state index in [4.69, 9.17) is 9.47 Å². The summed E-state index contributed by atoms with van der Waals surface area (Å²) >= 11 is 0. The van der Waals surface area contributed by atoms with Crippen molar-refractivity contribution in [3.63, 3.8) is 0 Å². The van der Waals surface area contributed by atoms with Crippen LogP contribution in [-0.2, 0) is 19.1 Å². The van der Waals surface area contributed by atoms with E-state index in [1.807, 2.05) is 0 Å². The third kappa shape index (κ3) is 54.6. The third-order valence-electron chi connectivity index (χ3n) is 11.5. The maximum atomic E-state index is 12.3. The average molecular weight is 940 g/mol. The van der Waals surface area contributed by atoms with Crippen LogP contribution in [0.2, 0.25) is 0 Å². The molecule has 0 aliphatic rings. The highest BCUT2D eigenvalue weighted by atomic mass is 16.6. The summed E-state index contributed by atoms with van der Waals surface area (Å²) in [6.07, 6.45) is 85.6. The van der Waals surface area contributed by atoms with Crippen molar-refractivity contribution >= 4 is 11.9 Å². The van der Waals surface area contributed by atoms with Crippen LogP contribution < -0.4 is 0 Å². The lowest BCUT2D eigenvalue weighted by molar-refractivity contribution is -0.161. The Labute approximate surface area is 419 Å². The van der Waals surface area contributed by atoms with Crippen molar-refractivity contribution in [2.75, 3.05) is 13.2 Å². The number of ether oxygens (including phenoxy) is 2. The number of carbonyl (C=O) groups is 2. The molecule has 0 saturated heterocycles. The van der Waals surface area contributed by atoms with Gasteiger partial charge in [0.2, 0.25) is 0 Å². The molecule has 1 N–H and O–H groups in total. The monoisotopic (exact) mass is 939 g/mol. The molecule has 0 aliphatic carbocycles. The topological polar surface area (TPSA) is 72.8 Å². The minimum absolute atomic E-state index is 0.0847. The molecule has 0 rings (SSSR count). The number of rotatable bonds is 49. The predicted octanol–water partition coefficient (Wildman–Crippen LogP) is 18.9. The molecule has 1 atom stereocenters. The van der Waals surface area contributed by atoms with Crippen molar-refractivity contribution in [2.24, 2.45) is 0 Å². The number of esters is 2. The fourth-order valence-corrected chi connectivity index (χ4v) is 7.32. The van der Waals surface area contributed by atoms with Gasteiger partial charge in [0.15, 0.2) is 6.10 Å². The minimum atomic E-state index is -0.797. The number of hydrogen-bond donors (Lipinski definition) is 1. The molecule has 0 radical (unpaired) electrons. The lowest BCUT2D eigenvalue weighted by atomic mass is 10.0. The molecule has 384 valence electrons. The van der Waals surface area contributed by atoms with Gasteiger partial charge in [0.05, 0.1) is 6.61 Å². The van der Waals surface area contributed by atoms with Gasteiger partial charge in [-0.05, 0) is 96.3 Å². The molecule has 0 amide bonds. The number of allylic oxidation sites excluding steroid dienone is 22. The van der Waals surface area contributed by atoms with E-state index in [-0.39, 0.29) is 25.2 Å². The highest BCUT2D eigenvalue weighted by molar-refractivity contribution is 5.70. The Kier molecular flexibility index (Phi) is 54.0. The lowest BCUT2D eigenvalue weighted by Gasteiger charge is -2.15. The van der Waals surface area contributed by atoms with Crippen LogP contribution in [0.4, 0.5) is 0 Å². The van der Waals surface area contributed by atoms with E-state index in [0.29, 0.717) is 12.8 Å². The van der Waals surface area contributed by atoms with Crippen LogP contribution in [-0.4, -0.2) is 36.4 Å². The van der Waals surface area contributed by atoms with Crippen molar-refractivity contribution in [2.45, 2.75) is 238 Å². The normalized spacial score (nSPS) is 13.3. The van der Waals surface area contributed by atoms with Gasteiger partial charge in [-0.3, -0.25) is 9.59 Å². The number of aliphatic hydroxyl groups excluding tert-OH is 1. The Morgan fingerprint density at radius 3 is 0.956 bits per heavy atom. The summed E-state index contributed by atoms with van der Waals surface area (Å²) in [6.45, 7) is 4.00. The van der Waals surface area contributed by atoms with Gasteiger partial charge in [0.1, 0.15) is 6.61 Å². The lowest BCUT2D eigenvalue weighted by Crippen LogP contribution is -2.28.